The molecule has 2 N–H and O–H groups in total. The van der Waals surface area contributed by atoms with Crippen LogP contribution in [0, 0.1) is 0 Å². The summed E-state index contributed by atoms with van der Waals surface area (Å²) in [6.07, 6.45) is 0.393. The van der Waals surface area contributed by atoms with Crippen molar-refractivity contribution in [2.24, 2.45) is 5.73 Å². The SMILES string of the molecule is NC(Cc1ccccc1)(OC(=O)S)c1ccccc1. The van der Waals surface area contributed by atoms with Crippen LogP contribution in [0.3, 0.4) is 0 Å². The minimum atomic E-state index is -1.21. The number of hydrogen-bond acceptors (Lipinski definition) is 3. The lowest BCUT2D eigenvalue weighted by atomic mass is 9.95. The van der Waals surface area contributed by atoms with E-state index in [2.05, 4.69) is 12.6 Å². The Morgan fingerprint density at radius 3 is 2.11 bits per heavy atom. The van der Waals surface area contributed by atoms with E-state index in [1.807, 2.05) is 60.7 Å². The molecule has 98 valence electrons. The Kier molecular flexibility index (Phi) is 4.24. The molecule has 0 amide bonds. The molecule has 0 radical (unpaired) electrons. The Morgan fingerprint density at radius 1 is 1.05 bits per heavy atom. The Bertz CT molecular complexity index is 545. The summed E-state index contributed by atoms with van der Waals surface area (Å²) in [5.74, 6) is 0. The lowest BCUT2D eigenvalue weighted by Gasteiger charge is -2.29. The predicted molar refractivity (Wildman–Crippen MR) is 77.9 cm³/mol. The smallest absolute Gasteiger partial charge is 0.366 e. The first kappa shape index (κ1) is 13.6. The van der Waals surface area contributed by atoms with Crippen molar-refractivity contribution >= 4 is 17.9 Å². The van der Waals surface area contributed by atoms with Crippen LogP contribution in [0.5, 0.6) is 0 Å². The molecule has 0 saturated carbocycles. The second kappa shape index (κ2) is 5.91. The number of ether oxygens (including phenoxy) is 1. The number of carbonyl (C=O) groups is 1. The van der Waals surface area contributed by atoms with Gasteiger partial charge in [-0.05, 0) is 5.56 Å². The molecule has 0 aliphatic heterocycles. The highest BCUT2D eigenvalue weighted by molar-refractivity contribution is 7.96. The fraction of sp³-hybridized carbons (Fsp3) is 0.133. The van der Waals surface area contributed by atoms with Crippen molar-refractivity contribution in [3.05, 3.63) is 71.8 Å². The zero-order chi connectivity index (χ0) is 13.7. The normalized spacial score (nSPS) is 13.6. The molecule has 1 unspecified atom stereocenters. The molecule has 0 fully saturated rings. The highest BCUT2D eigenvalue weighted by Gasteiger charge is 2.31. The molecule has 2 aromatic rings. The Balaban J connectivity index is 2.32. The molecule has 0 heterocycles. The van der Waals surface area contributed by atoms with Gasteiger partial charge in [0.05, 0.1) is 0 Å². The van der Waals surface area contributed by atoms with Crippen LogP contribution < -0.4 is 5.73 Å². The van der Waals surface area contributed by atoms with Crippen molar-refractivity contribution in [1.82, 2.24) is 0 Å². The fourth-order valence-corrected chi connectivity index (χ4v) is 2.14. The van der Waals surface area contributed by atoms with Crippen LogP contribution in [-0.4, -0.2) is 5.30 Å². The maximum Gasteiger partial charge on any atom is 0.366 e. The third kappa shape index (κ3) is 3.59. The molecule has 0 spiro atoms. The summed E-state index contributed by atoms with van der Waals surface area (Å²) >= 11 is 3.67. The maximum absolute atomic E-state index is 11.2. The molecule has 0 bridgehead atoms. The van der Waals surface area contributed by atoms with Gasteiger partial charge in [-0.1, -0.05) is 73.3 Å². The molecule has 2 aromatic carbocycles. The van der Waals surface area contributed by atoms with E-state index in [0.29, 0.717) is 6.42 Å². The van der Waals surface area contributed by atoms with Gasteiger partial charge in [-0.15, -0.1) is 0 Å². The largest absolute Gasteiger partial charge is 0.431 e. The summed E-state index contributed by atoms with van der Waals surface area (Å²) < 4.78 is 5.23. The molecule has 0 aliphatic rings. The molecular weight excluding hydrogens is 258 g/mol. The average Bonchev–Trinajstić information content (AvgIpc) is 2.40. The number of hydrogen-bond donors (Lipinski definition) is 2. The summed E-state index contributed by atoms with van der Waals surface area (Å²) in [7, 11) is 0. The molecule has 4 heteroatoms. The molecule has 0 aliphatic carbocycles. The Morgan fingerprint density at radius 2 is 1.58 bits per heavy atom. The van der Waals surface area contributed by atoms with Crippen LogP contribution in [0.25, 0.3) is 0 Å². The standard InChI is InChI=1S/C15H15NO2S/c16-15(18-14(17)19,13-9-5-2-6-10-13)11-12-7-3-1-4-8-12/h1-10H,11,16H2,(H,17,19). The van der Waals surface area contributed by atoms with Gasteiger partial charge in [0.1, 0.15) is 0 Å². The van der Waals surface area contributed by atoms with Crippen LogP contribution in [0.1, 0.15) is 11.1 Å². The van der Waals surface area contributed by atoms with E-state index in [0.717, 1.165) is 11.1 Å². The van der Waals surface area contributed by atoms with Crippen LogP contribution in [0.4, 0.5) is 4.79 Å². The van der Waals surface area contributed by atoms with E-state index in [1.54, 1.807) is 0 Å². The summed E-state index contributed by atoms with van der Waals surface area (Å²) in [5, 5.41) is -0.692. The first-order valence-corrected chi connectivity index (χ1v) is 6.35. The zero-order valence-corrected chi connectivity index (χ0v) is 11.2. The van der Waals surface area contributed by atoms with Crippen molar-refractivity contribution in [1.29, 1.82) is 0 Å². The van der Waals surface area contributed by atoms with Gasteiger partial charge in [-0.2, -0.15) is 0 Å². The first-order valence-electron chi connectivity index (χ1n) is 5.90. The molecule has 2 rings (SSSR count). The molecule has 0 aromatic heterocycles. The fourth-order valence-electron chi connectivity index (χ4n) is 1.97. The lowest BCUT2D eigenvalue weighted by molar-refractivity contribution is 0.0299. The first-order chi connectivity index (χ1) is 9.10. The second-order valence-corrected chi connectivity index (χ2v) is 4.65. The van der Waals surface area contributed by atoms with Gasteiger partial charge in [-0.25, -0.2) is 4.79 Å². The molecule has 0 saturated heterocycles. The van der Waals surface area contributed by atoms with Crippen molar-refractivity contribution in [2.75, 3.05) is 0 Å². The van der Waals surface area contributed by atoms with Crippen LogP contribution in [-0.2, 0) is 16.9 Å². The van der Waals surface area contributed by atoms with Crippen LogP contribution in [0.15, 0.2) is 60.7 Å². The lowest BCUT2D eigenvalue weighted by Crippen LogP contribution is -2.42. The van der Waals surface area contributed by atoms with Gasteiger partial charge < -0.3 is 4.74 Å². The summed E-state index contributed by atoms with van der Waals surface area (Å²) in [6, 6.07) is 18.9. The third-order valence-electron chi connectivity index (χ3n) is 2.84. The predicted octanol–water partition coefficient (Wildman–Crippen LogP) is 3.11. The summed E-state index contributed by atoms with van der Waals surface area (Å²) in [5.41, 5.74) is 6.78. The molecule has 1 atom stereocenters. The van der Waals surface area contributed by atoms with Gasteiger partial charge in [0, 0.05) is 12.0 Å². The van der Waals surface area contributed by atoms with Crippen molar-refractivity contribution < 1.29 is 9.53 Å². The Hall–Kier alpha value is -1.78. The van der Waals surface area contributed by atoms with Gasteiger partial charge in [0.15, 0.2) is 5.72 Å². The van der Waals surface area contributed by atoms with E-state index in [1.165, 1.54) is 0 Å². The number of nitrogens with two attached hydrogens (primary N) is 1. The average molecular weight is 273 g/mol. The van der Waals surface area contributed by atoms with Gasteiger partial charge in [0.25, 0.3) is 0 Å². The van der Waals surface area contributed by atoms with E-state index in [4.69, 9.17) is 10.5 Å². The van der Waals surface area contributed by atoms with Crippen LogP contribution in [0.2, 0.25) is 0 Å². The number of carbonyl (C=O) groups excluding carboxylic acids is 1. The van der Waals surface area contributed by atoms with E-state index in [9.17, 15) is 4.79 Å². The van der Waals surface area contributed by atoms with Gasteiger partial charge in [-0.3, -0.25) is 5.73 Å². The number of rotatable bonds is 4. The highest BCUT2D eigenvalue weighted by atomic mass is 32.1. The van der Waals surface area contributed by atoms with E-state index >= 15 is 0 Å². The second-order valence-electron chi connectivity index (χ2n) is 4.29. The van der Waals surface area contributed by atoms with Crippen molar-refractivity contribution in [2.45, 2.75) is 12.1 Å². The molecule has 3 nitrogen and oxygen atoms in total. The van der Waals surface area contributed by atoms with E-state index in [-0.39, 0.29) is 0 Å². The zero-order valence-electron chi connectivity index (χ0n) is 10.3. The third-order valence-corrected chi connectivity index (χ3v) is 2.93. The highest BCUT2D eigenvalue weighted by Crippen LogP contribution is 2.25. The number of thiol groups is 1. The quantitative estimate of drug-likeness (QED) is 0.511. The van der Waals surface area contributed by atoms with E-state index < -0.39 is 11.0 Å². The monoisotopic (exact) mass is 273 g/mol. The maximum atomic E-state index is 11.2. The summed E-state index contributed by atoms with van der Waals surface area (Å²) in [6.45, 7) is 0. The Labute approximate surface area is 117 Å². The van der Waals surface area contributed by atoms with Crippen molar-refractivity contribution in [3.63, 3.8) is 0 Å². The molecular formula is C15H15NO2S. The number of benzene rings is 2. The topological polar surface area (TPSA) is 52.3 Å². The summed E-state index contributed by atoms with van der Waals surface area (Å²) in [4.78, 5) is 11.2. The van der Waals surface area contributed by atoms with Crippen LogP contribution >= 0.6 is 12.6 Å². The van der Waals surface area contributed by atoms with Crippen molar-refractivity contribution in [3.8, 4) is 0 Å². The van der Waals surface area contributed by atoms with Gasteiger partial charge in [0.2, 0.25) is 0 Å². The van der Waals surface area contributed by atoms with Gasteiger partial charge >= 0.3 is 5.30 Å². The minimum Gasteiger partial charge on any atom is -0.431 e. The molecule has 19 heavy (non-hydrogen) atoms. The minimum absolute atomic E-state index is 0.393.